The molecule has 1 aromatic carbocycles. The highest BCUT2D eigenvalue weighted by Gasteiger charge is 2.25. The van der Waals surface area contributed by atoms with Crippen LogP contribution in [0.15, 0.2) is 21.6 Å². The van der Waals surface area contributed by atoms with Crippen molar-refractivity contribution in [1.82, 2.24) is 4.98 Å². The van der Waals surface area contributed by atoms with E-state index in [1.807, 2.05) is 0 Å². The van der Waals surface area contributed by atoms with E-state index in [-0.39, 0.29) is 20.3 Å². The lowest BCUT2D eigenvalue weighted by Crippen LogP contribution is -2.15. The number of thiazole rings is 1. The summed E-state index contributed by atoms with van der Waals surface area (Å²) in [6.07, 6.45) is 1.50. The van der Waals surface area contributed by atoms with Crippen molar-refractivity contribution < 1.29 is 12.8 Å². The first-order chi connectivity index (χ1) is 9.22. The van der Waals surface area contributed by atoms with E-state index in [1.165, 1.54) is 6.20 Å². The molecule has 5 nitrogen and oxygen atoms in total. The van der Waals surface area contributed by atoms with Gasteiger partial charge in [-0.3, -0.25) is 4.72 Å². The molecule has 0 spiro atoms. The van der Waals surface area contributed by atoms with Crippen molar-refractivity contribution in [3.8, 4) is 0 Å². The van der Waals surface area contributed by atoms with Crippen LogP contribution in [0.3, 0.4) is 0 Å². The van der Waals surface area contributed by atoms with Gasteiger partial charge in [0, 0.05) is 11.1 Å². The van der Waals surface area contributed by atoms with Gasteiger partial charge >= 0.3 is 0 Å². The maximum absolute atomic E-state index is 14.0. The van der Waals surface area contributed by atoms with E-state index < -0.39 is 20.7 Å². The number of hydrogen-bond acceptors (Lipinski definition) is 5. The molecular formula is C10H8BrClFN3O2S2. The average molecular weight is 401 g/mol. The van der Waals surface area contributed by atoms with Gasteiger partial charge in [-0.1, -0.05) is 11.6 Å². The largest absolute Gasteiger partial charge is 0.395 e. The van der Waals surface area contributed by atoms with Gasteiger partial charge < -0.3 is 5.73 Å². The second kappa shape index (κ2) is 5.47. The molecule has 2 rings (SSSR count). The van der Waals surface area contributed by atoms with Gasteiger partial charge in [-0.25, -0.2) is 17.8 Å². The molecule has 0 radical (unpaired) electrons. The van der Waals surface area contributed by atoms with Crippen LogP contribution in [-0.4, -0.2) is 13.4 Å². The van der Waals surface area contributed by atoms with Gasteiger partial charge in [0.25, 0.3) is 10.0 Å². The molecule has 0 saturated carbocycles. The fourth-order valence-electron chi connectivity index (χ4n) is 1.37. The number of benzene rings is 1. The van der Waals surface area contributed by atoms with Crippen molar-refractivity contribution in [3.05, 3.63) is 32.5 Å². The summed E-state index contributed by atoms with van der Waals surface area (Å²) in [4.78, 5) is 4.04. The molecule has 0 aliphatic rings. The molecule has 2 aromatic rings. The van der Waals surface area contributed by atoms with Crippen LogP contribution >= 0.6 is 38.9 Å². The summed E-state index contributed by atoms with van der Waals surface area (Å²) in [5.74, 6) is -1.07. The summed E-state index contributed by atoms with van der Waals surface area (Å²) in [5.41, 5.74) is 5.10. The quantitative estimate of drug-likeness (QED) is 0.611. The molecule has 0 fully saturated rings. The standard InChI is InChI=1S/C10H8BrClFN3O2S2/c1-4-3-15-10(19-4)16-20(17,18)6-2-5(12)7(11)9(14)8(6)13/h2-3H,14H2,1H3,(H,15,16). The van der Waals surface area contributed by atoms with Crippen molar-refractivity contribution in [2.75, 3.05) is 10.5 Å². The molecule has 0 aliphatic carbocycles. The lowest BCUT2D eigenvalue weighted by molar-refractivity contribution is 0.572. The smallest absolute Gasteiger partial charge is 0.266 e. The number of sulfonamides is 1. The minimum absolute atomic E-state index is 0.000376. The first-order valence-corrected chi connectivity index (χ1v) is 8.57. The Morgan fingerprint density at radius 3 is 2.75 bits per heavy atom. The molecular weight excluding hydrogens is 393 g/mol. The Hall–Kier alpha value is -0.900. The third kappa shape index (κ3) is 2.90. The molecule has 10 heteroatoms. The fourth-order valence-corrected chi connectivity index (χ4v) is 3.95. The minimum atomic E-state index is -4.15. The van der Waals surface area contributed by atoms with E-state index in [2.05, 4.69) is 25.6 Å². The summed E-state index contributed by atoms with van der Waals surface area (Å²) in [5, 5.41) is 0.138. The Bertz CT molecular complexity index is 779. The number of halogens is 3. The summed E-state index contributed by atoms with van der Waals surface area (Å²) >= 11 is 9.91. The van der Waals surface area contributed by atoms with Crippen LogP contribution < -0.4 is 10.5 Å². The number of hydrogen-bond donors (Lipinski definition) is 2. The molecule has 3 N–H and O–H groups in total. The molecule has 0 amide bonds. The van der Waals surface area contributed by atoms with Gasteiger partial charge in [0.15, 0.2) is 10.9 Å². The fraction of sp³-hybridized carbons (Fsp3) is 0.100. The van der Waals surface area contributed by atoms with Crippen molar-refractivity contribution in [2.45, 2.75) is 11.8 Å². The van der Waals surface area contributed by atoms with Crippen LogP contribution in [0.25, 0.3) is 0 Å². The topological polar surface area (TPSA) is 85.1 Å². The number of nitrogens with zero attached hydrogens (tertiary/aromatic N) is 1. The average Bonchev–Trinajstić information content (AvgIpc) is 2.75. The molecule has 1 heterocycles. The first-order valence-electron chi connectivity index (χ1n) is 5.10. The Morgan fingerprint density at radius 2 is 2.20 bits per heavy atom. The number of aromatic nitrogens is 1. The van der Waals surface area contributed by atoms with E-state index in [0.29, 0.717) is 0 Å². The minimum Gasteiger partial charge on any atom is -0.395 e. The lowest BCUT2D eigenvalue weighted by Gasteiger charge is -2.10. The van der Waals surface area contributed by atoms with E-state index in [0.717, 1.165) is 22.3 Å². The van der Waals surface area contributed by atoms with Crippen LogP contribution in [0.2, 0.25) is 5.02 Å². The first kappa shape index (κ1) is 15.5. The summed E-state index contributed by atoms with van der Waals surface area (Å²) in [7, 11) is -4.15. The second-order valence-corrected chi connectivity index (χ2v) is 7.87. The zero-order valence-corrected chi connectivity index (χ0v) is 13.9. The summed E-state index contributed by atoms with van der Waals surface area (Å²) in [6.45, 7) is 1.77. The van der Waals surface area contributed by atoms with E-state index in [4.69, 9.17) is 17.3 Å². The van der Waals surface area contributed by atoms with Crippen LogP contribution in [0, 0.1) is 12.7 Å². The predicted octanol–water partition coefficient (Wildman–Crippen LogP) is 3.39. The number of nitrogen functional groups attached to an aromatic ring is 1. The van der Waals surface area contributed by atoms with Crippen molar-refractivity contribution in [2.24, 2.45) is 0 Å². The normalized spacial score (nSPS) is 11.6. The van der Waals surface area contributed by atoms with Crippen LogP contribution in [-0.2, 0) is 10.0 Å². The molecule has 0 bridgehead atoms. The molecule has 0 atom stereocenters. The Kier molecular flexibility index (Phi) is 4.24. The Morgan fingerprint density at radius 1 is 1.55 bits per heavy atom. The zero-order valence-electron chi connectivity index (χ0n) is 9.95. The highest BCUT2D eigenvalue weighted by molar-refractivity contribution is 9.10. The van der Waals surface area contributed by atoms with E-state index in [9.17, 15) is 12.8 Å². The van der Waals surface area contributed by atoms with Gasteiger partial charge in [0.2, 0.25) is 0 Å². The molecule has 0 unspecified atom stereocenters. The van der Waals surface area contributed by atoms with Gasteiger partial charge in [-0.15, -0.1) is 11.3 Å². The molecule has 0 aliphatic heterocycles. The highest BCUT2D eigenvalue weighted by atomic mass is 79.9. The zero-order chi connectivity index (χ0) is 15.1. The van der Waals surface area contributed by atoms with Crippen LogP contribution in [0.5, 0.6) is 0 Å². The maximum Gasteiger partial charge on any atom is 0.266 e. The molecule has 108 valence electrons. The molecule has 20 heavy (non-hydrogen) atoms. The van der Waals surface area contributed by atoms with Gasteiger partial charge in [-0.2, -0.15) is 0 Å². The summed E-state index contributed by atoms with van der Waals surface area (Å²) < 4.78 is 40.6. The number of anilines is 2. The van der Waals surface area contributed by atoms with Gasteiger partial charge in [0.05, 0.1) is 15.2 Å². The van der Waals surface area contributed by atoms with Crippen molar-refractivity contribution in [1.29, 1.82) is 0 Å². The number of rotatable bonds is 3. The van der Waals surface area contributed by atoms with Gasteiger partial charge in [0.1, 0.15) is 4.90 Å². The Balaban J connectivity index is 2.50. The van der Waals surface area contributed by atoms with Gasteiger partial charge in [-0.05, 0) is 28.9 Å². The predicted molar refractivity (Wildman–Crippen MR) is 81.2 cm³/mol. The lowest BCUT2D eigenvalue weighted by atomic mass is 10.3. The van der Waals surface area contributed by atoms with Crippen molar-refractivity contribution >= 4 is 59.7 Å². The Labute approximate surface area is 132 Å². The second-order valence-electron chi connectivity index (χ2n) is 3.78. The molecule has 0 saturated heterocycles. The number of nitrogens with two attached hydrogens (primary N) is 1. The maximum atomic E-state index is 14.0. The highest BCUT2D eigenvalue weighted by Crippen LogP contribution is 2.35. The van der Waals surface area contributed by atoms with E-state index in [1.54, 1.807) is 6.92 Å². The third-order valence-electron chi connectivity index (χ3n) is 2.29. The third-order valence-corrected chi connectivity index (χ3v) is 5.97. The van der Waals surface area contributed by atoms with Crippen LogP contribution in [0.1, 0.15) is 4.88 Å². The number of aryl methyl sites for hydroxylation is 1. The van der Waals surface area contributed by atoms with Crippen molar-refractivity contribution in [3.63, 3.8) is 0 Å². The summed E-state index contributed by atoms with van der Waals surface area (Å²) in [6, 6.07) is 0.986. The number of nitrogens with one attached hydrogen (secondary N) is 1. The monoisotopic (exact) mass is 399 g/mol. The van der Waals surface area contributed by atoms with Crippen LogP contribution in [0.4, 0.5) is 15.2 Å². The van der Waals surface area contributed by atoms with E-state index >= 15 is 0 Å². The molecule has 1 aromatic heterocycles. The SMILES string of the molecule is Cc1cnc(NS(=O)(=O)c2cc(Cl)c(Br)c(N)c2F)s1.